The summed E-state index contributed by atoms with van der Waals surface area (Å²) in [6, 6.07) is 4.44. The molecule has 0 radical (unpaired) electrons. The van der Waals surface area contributed by atoms with Crippen LogP contribution in [0.5, 0.6) is 11.5 Å². The van der Waals surface area contributed by atoms with Gasteiger partial charge in [-0.25, -0.2) is 0 Å². The van der Waals surface area contributed by atoms with Crippen molar-refractivity contribution in [2.24, 2.45) is 0 Å². The maximum atomic E-state index is 12.8. The molecule has 0 aromatic heterocycles. The second-order valence-corrected chi connectivity index (χ2v) is 7.07. The number of amides is 1. The molecule has 0 aliphatic heterocycles. The minimum atomic E-state index is -0.999. The van der Waals surface area contributed by atoms with Gasteiger partial charge < -0.3 is 24.6 Å². The molecule has 2 N–H and O–H groups in total. The first-order valence-corrected chi connectivity index (χ1v) is 9.88. The van der Waals surface area contributed by atoms with Crippen molar-refractivity contribution in [2.75, 3.05) is 14.2 Å². The lowest BCUT2D eigenvalue weighted by Gasteiger charge is -2.28. The normalized spacial score (nSPS) is 16.8. The Balaban J connectivity index is 2.13. The summed E-state index contributed by atoms with van der Waals surface area (Å²) >= 11 is 0. The Bertz CT molecular complexity index is 656. The van der Waals surface area contributed by atoms with Crippen molar-refractivity contribution in [1.82, 2.24) is 5.32 Å². The van der Waals surface area contributed by atoms with E-state index >= 15 is 0 Å². The molecule has 0 spiro atoms. The predicted molar refractivity (Wildman–Crippen MR) is 105 cm³/mol. The van der Waals surface area contributed by atoms with Crippen molar-refractivity contribution in [3.05, 3.63) is 23.8 Å². The molecule has 1 saturated carbocycles. The van der Waals surface area contributed by atoms with Crippen LogP contribution in [0.3, 0.4) is 0 Å². The van der Waals surface area contributed by atoms with E-state index in [4.69, 9.17) is 14.2 Å². The van der Waals surface area contributed by atoms with Crippen LogP contribution in [-0.4, -0.2) is 43.4 Å². The van der Waals surface area contributed by atoms with Gasteiger partial charge >= 0.3 is 5.97 Å². The number of methoxy groups -OCH3 is 2. The predicted octanol–water partition coefficient (Wildman–Crippen LogP) is 3.46. The number of ether oxygens (including phenoxy) is 3. The van der Waals surface area contributed by atoms with E-state index in [1.165, 1.54) is 20.6 Å². The van der Waals surface area contributed by atoms with Gasteiger partial charge in [0.1, 0.15) is 6.10 Å². The van der Waals surface area contributed by atoms with E-state index in [0.717, 1.165) is 25.7 Å². The maximum absolute atomic E-state index is 12.8. The summed E-state index contributed by atoms with van der Waals surface area (Å²) < 4.78 is 16.5. The van der Waals surface area contributed by atoms with Gasteiger partial charge in [-0.15, -0.1) is 0 Å². The molecule has 28 heavy (non-hydrogen) atoms. The summed E-state index contributed by atoms with van der Waals surface area (Å²) in [5, 5.41) is 12.2. The van der Waals surface area contributed by atoms with Gasteiger partial charge in [0.05, 0.1) is 32.8 Å². The van der Waals surface area contributed by atoms with E-state index in [1.54, 1.807) is 18.2 Å². The summed E-state index contributed by atoms with van der Waals surface area (Å²) in [5.41, 5.74) is 0.640. The van der Waals surface area contributed by atoms with Crippen LogP contribution in [-0.2, 0) is 14.3 Å². The Kier molecular flexibility index (Phi) is 8.57. The summed E-state index contributed by atoms with van der Waals surface area (Å²) in [6.45, 7) is 1.90. The molecule has 7 heteroatoms. The quantitative estimate of drug-likeness (QED) is 0.632. The van der Waals surface area contributed by atoms with Crippen molar-refractivity contribution in [2.45, 2.75) is 70.1 Å². The first-order chi connectivity index (χ1) is 13.5. The zero-order valence-electron chi connectivity index (χ0n) is 16.9. The maximum Gasteiger partial charge on any atom is 0.305 e. The third-order valence-corrected chi connectivity index (χ3v) is 5.08. The average Bonchev–Trinajstić information content (AvgIpc) is 2.71. The van der Waals surface area contributed by atoms with Crippen molar-refractivity contribution in [3.63, 3.8) is 0 Å². The van der Waals surface area contributed by atoms with Crippen LogP contribution in [0.1, 0.15) is 63.5 Å². The number of nitrogens with one attached hydrogen (secondary N) is 1. The molecule has 2 unspecified atom stereocenters. The zero-order chi connectivity index (χ0) is 20.5. The van der Waals surface area contributed by atoms with Crippen molar-refractivity contribution >= 4 is 11.9 Å². The summed E-state index contributed by atoms with van der Waals surface area (Å²) in [4.78, 5) is 24.2. The molecule has 0 bridgehead atoms. The molecule has 1 aromatic carbocycles. The average molecular weight is 393 g/mol. The van der Waals surface area contributed by atoms with Crippen LogP contribution >= 0.6 is 0 Å². The highest BCUT2D eigenvalue weighted by atomic mass is 16.5. The van der Waals surface area contributed by atoms with Crippen LogP contribution in [0.15, 0.2) is 18.2 Å². The first-order valence-electron chi connectivity index (χ1n) is 9.88. The van der Waals surface area contributed by atoms with Gasteiger partial charge in [-0.2, -0.15) is 0 Å². The lowest BCUT2D eigenvalue weighted by molar-refractivity contribution is -0.141. The number of rotatable bonds is 10. The van der Waals surface area contributed by atoms with Gasteiger partial charge in [-0.05, 0) is 37.0 Å². The summed E-state index contributed by atoms with van der Waals surface area (Å²) in [6.07, 6.45) is 5.21. The van der Waals surface area contributed by atoms with Crippen LogP contribution in [0.4, 0.5) is 0 Å². The number of hydrogen-bond donors (Lipinski definition) is 2. The van der Waals surface area contributed by atoms with E-state index in [-0.39, 0.29) is 18.4 Å². The van der Waals surface area contributed by atoms with Gasteiger partial charge in [0, 0.05) is 0 Å². The van der Waals surface area contributed by atoms with Crippen molar-refractivity contribution in [1.29, 1.82) is 0 Å². The Hall–Kier alpha value is -2.28. The van der Waals surface area contributed by atoms with Gasteiger partial charge in [-0.3, -0.25) is 9.59 Å². The van der Waals surface area contributed by atoms with Crippen LogP contribution < -0.4 is 14.8 Å². The lowest BCUT2D eigenvalue weighted by atomic mass is 9.97. The van der Waals surface area contributed by atoms with E-state index in [9.17, 15) is 14.7 Å². The SMILES string of the molecule is CCC(OC1CCCCC1)C(=O)NC(CC(=O)O)c1ccc(OC)c(OC)c1. The Morgan fingerprint density at radius 1 is 1.14 bits per heavy atom. The van der Waals surface area contributed by atoms with E-state index < -0.39 is 18.1 Å². The monoisotopic (exact) mass is 393 g/mol. The number of carbonyl (C=O) groups is 2. The molecule has 2 atom stereocenters. The molecular weight excluding hydrogens is 362 g/mol. The van der Waals surface area contributed by atoms with Gasteiger partial charge in [0.25, 0.3) is 0 Å². The number of carboxylic acids is 1. The molecule has 7 nitrogen and oxygen atoms in total. The fourth-order valence-electron chi connectivity index (χ4n) is 3.54. The standard InChI is InChI=1S/C21H31NO6/c1-4-17(28-15-8-6-5-7-9-15)21(25)22-16(13-20(23)24)14-10-11-18(26-2)19(12-14)27-3/h10-12,15-17H,4-9,13H2,1-3H3,(H,22,25)(H,23,24). The number of carboxylic acid groups (broad SMARTS) is 1. The van der Waals surface area contributed by atoms with E-state index in [0.29, 0.717) is 23.5 Å². The molecule has 1 aliphatic carbocycles. The molecule has 1 fully saturated rings. The molecule has 1 aromatic rings. The summed E-state index contributed by atoms with van der Waals surface area (Å²) in [7, 11) is 3.04. The molecule has 2 rings (SSSR count). The smallest absolute Gasteiger partial charge is 0.305 e. The number of aliphatic carboxylic acids is 1. The Morgan fingerprint density at radius 3 is 2.39 bits per heavy atom. The van der Waals surface area contributed by atoms with Crippen LogP contribution in [0.2, 0.25) is 0 Å². The Morgan fingerprint density at radius 2 is 1.82 bits per heavy atom. The van der Waals surface area contributed by atoms with Gasteiger partial charge in [-0.1, -0.05) is 32.3 Å². The highest BCUT2D eigenvalue weighted by molar-refractivity contribution is 5.82. The fourth-order valence-corrected chi connectivity index (χ4v) is 3.54. The van der Waals surface area contributed by atoms with Crippen LogP contribution in [0, 0.1) is 0 Å². The number of benzene rings is 1. The first kappa shape index (κ1) is 22.0. The van der Waals surface area contributed by atoms with Crippen LogP contribution in [0.25, 0.3) is 0 Å². The van der Waals surface area contributed by atoms with Crippen molar-refractivity contribution < 1.29 is 28.9 Å². The minimum absolute atomic E-state index is 0.100. The lowest BCUT2D eigenvalue weighted by Crippen LogP contribution is -2.41. The molecule has 0 saturated heterocycles. The minimum Gasteiger partial charge on any atom is -0.493 e. The van der Waals surface area contributed by atoms with Crippen molar-refractivity contribution in [3.8, 4) is 11.5 Å². The van der Waals surface area contributed by atoms with Gasteiger partial charge in [0.2, 0.25) is 5.91 Å². The Labute approximate surface area is 166 Å². The third-order valence-electron chi connectivity index (χ3n) is 5.08. The second-order valence-electron chi connectivity index (χ2n) is 7.07. The molecule has 1 aliphatic rings. The topological polar surface area (TPSA) is 94.1 Å². The number of hydrogen-bond acceptors (Lipinski definition) is 5. The molecule has 1 amide bonds. The number of carbonyl (C=O) groups excluding carboxylic acids is 1. The second kappa shape index (κ2) is 10.9. The molecule has 156 valence electrons. The zero-order valence-corrected chi connectivity index (χ0v) is 16.9. The van der Waals surface area contributed by atoms with Gasteiger partial charge in [0.15, 0.2) is 11.5 Å². The fraction of sp³-hybridized carbons (Fsp3) is 0.619. The van der Waals surface area contributed by atoms with E-state index in [1.807, 2.05) is 6.92 Å². The highest BCUT2D eigenvalue weighted by Crippen LogP contribution is 2.31. The summed E-state index contributed by atoms with van der Waals surface area (Å²) in [5.74, 6) is -0.260. The van der Waals surface area contributed by atoms with E-state index in [2.05, 4.69) is 5.32 Å². The molecule has 0 heterocycles. The third kappa shape index (κ3) is 6.12. The highest BCUT2D eigenvalue weighted by Gasteiger charge is 2.27. The largest absolute Gasteiger partial charge is 0.493 e. The molecular formula is C21H31NO6.